The number of hydrogen-bond donors (Lipinski definition) is 1. The Labute approximate surface area is 73.7 Å². The number of fused-ring (bicyclic) bond motifs is 1. The Balaban J connectivity index is 2.06. The first-order chi connectivity index (χ1) is 5.77. The summed E-state index contributed by atoms with van der Waals surface area (Å²) < 4.78 is 0. The zero-order chi connectivity index (χ0) is 8.55. The molecule has 1 saturated carbocycles. The van der Waals surface area contributed by atoms with Crippen LogP contribution < -0.4 is 5.32 Å². The van der Waals surface area contributed by atoms with Crippen LogP contribution in [0.25, 0.3) is 0 Å². The summed E-state index contributed by atoms with van der Waals surface area (Å²) >= 11 is 0. The van der Waals surface area contributed by atoms with Gasteiger partial charge in [0.25, 0.3) is 0 Å². The van der Waals surface area contributed by atoms with Gasteiger partial charge in [-0.1, -0.05) is 12.8 Å². The minimum atomic E-state index is 0.356. The lowest BCUT2D eigenvalue weighted by molar-refractivity contribution is -0.127. The molecule has 1 heterocycles. The van der Waals surface area contributed by atoms with Gasteiger partial charge in [0.1, 0.15) is 5.78 Å². The maximum atomic E-state index is 11.6. The van der Waals surface area contributed by atoms with Crippen molar-refractivity contribution >= 4 is 5.78 Å². The third-order valence-corrected chi connectivity index (χ3v) is 3.19. The van der Waals surface area contributed by atoms with Crippen LogP contribution in [0, 0.1) is 5.92 Å². The first-order valence-electron chi connectivity index (χ1n) is 5.06. The van der Waals surface area contributed by atoms with Crippen LogP contribution in [0.1, 0.15) is 39.0 Å². The second-order valence-electron chi connectivity index (χ2n) is 4.24. The molecule has 3 atom stereocenters. The van der Waals surface area contributed by atoms with Crippen molar-refractivity contribution in [2.75, 3.05) is 0 Å². The van der Waals surface area contributed by atoms with Crippen molar-refractivity contribution in [3.8, 4) is 0 Å². The predicted octanol–water partition coefficient (Wildman–Crippen LogP) is 1.50. The molecule has 0 amide bonds. The monoisotopic (exact) mass is 167 g/mol. The predicted molar refractivity (Wildman–Crippen MR) is 48.0 cm³/mol. The molecule has 0 bridgehead atoms. The smallest absolute Gasteiger partial charge is 0.139 e. The van der Waals surface area contributed by atoms with Crippen LogP contribution >= 0.6 is 0 Å². The molecule has 0 radical (unpaired) electrons. The van der Waals surface area contributed by atoms with Crippen LogP contribution in [0.3, 0.4) is 0 Å². The SMILES string of the molecule is C[C@H]1CC(=O)[C@@H]2CCCC[C@H]2N1. The number of nitrogens with one attached hydrogen (secondary N) is 1. The lowest BCUT2D eigenvalue weighted by atomic mass is 9.77. The Hall–Kier alpha value is -0.370. The minimum Gasteiger partial charge on any atom is -0.310 e. The van der Waals surface area contributed by atoms with E-state index in [2.05, 4.69) is 12.2 Å². The summed E-state index contributed by atoms with van der Waals surface area (Å²) in [6.45, 7) is 2.11. The van der Waals surface area contributed by atoms with Gasteiger partial charge >= 0.3 is 0 Å². The standard InChI is InChI=1S/C10H17NO/c1-7-6-10(12)8-4-2-3-5-9(8)11-7/h7-9,11H,2-6H2,1H3/t7-,8+,9+/m0/s1. The van der Waals surface area contributed by atoms with E-state index >= 15 is 0 Å². The average Bonchev–Trinajstić information content (AvgIpc) is 2.04. The van der Waals surface area contributed by atoms with Crippen molar-refractivity contribution in [3.63, 3.8) is 0 Å². The molecule has 0 aromatic heterocycles. The number of hydrogen-bond acceptors (Lipinski definition) is 2. The second-order valence-corrected chi connectivity index (χ2v) is 4.24. The lowest BCUT2D eigenvalue weighted by Gasteiger charge is -2.38. The number of piperidine rings is 1. The maximum absolute atomic E-state index is 11.6. The van der Waals surface area contributed by atoms with Crippen molar-refractivity contribution in [1.29, 1.82) is 0 Å². The third kappa shape index (κ3) is 1.40. The van der Waals surface area contributed by atoms with Crippen molar-refractivity contribution in [1.82, 2.24) is 5.32 Å². The van der Waals surface area contributed by atoms with E-state index in [1.165, 1.54) is 19.3 Å². The molecule has 1 saturated heterocycles. The van der Waals surface area contributed by atoms with Crippen molar-refractivity contribution < 1.29 is 4.79 Å². The summed E-state index contributed by atoms with van der Waals surface area (Å²) in [5.41, 5.74) is 0. The van der Waals surface area contributed by atoms with Gasteiger partial charge < -0.3 is 5.32 Å². The van der Waals surface area contributed by atoms with E-state index in [-0.39, 0.29) is 0 Å². The van der Waals surface area contributed by atoms with Crippen LogP contribution in [0.2, 0.25) is 0 Å². The number of rotatable bonds is 0. The summed E-state index contributed by atoms with van der Waals surface area (Å²) in [5.74, 6) is 0.862. The largest absolute Gasteiger partial charge is 0.310 e. The molecule has 1 aliphatic heterocycles. The molecule has 68 valence electrons. The summed E-state index contributed by atoms with van der Waals surface area (Å²) in [6.07, 6.45) is 5.64. The zero-order valence-corrected chi connectivity index (χ0v) is 7.68. The van der Waals surface area contributed by atoms with Gasteiger partial charge in [0.05, 0.1) is 0 Å². The molecule has 2 aliphatic rings. The molecule has 1 N–H and O–H groups in total. The van der Waals surface area contributed by atoms with Crippen LogP contribution in [-0.4, -0.2) is 17.9 Å². The molecule has 12 heavy (non-hydrogen) atoms. The highest BCUT2D eigenvalue weighted by Gasteiger charge is 2.35. The number of ketones is 1. The normalized spacial score (nSPS) is 42.4. The maximum Gasteiger partial charge on any atom is 0.139 e. The van der Waals surface area contributed by atoms with Gasteiger partial charge in [-0.2, -0.15) is 0 Å². The Kier molecular flexibility index (Phi) is 2.18. The van der Waals surface area contributed by atoms with E-state index in [1.807, 2.05) is 0 Å². The molecule has 0 unspecified atom stereocenters. The first kappa shape index (κ1) is 8.24. The fraction of sp³-hybridized carbons (Fsp3) is 0.900. The minimum absolute atomic E-state index is 0.356. The molecular weight excluding hydrogens is 150 g/mol. The van der Waals surface area contributed by atoms with Gasteiger partial charge in [0.15, 0.2) is 0 Å². The van der Waals surface area contributed by atoms with Crippen molar-refractivity contribution in [3.05, 3.63) is 0 Å². The summed E-state index contributed by atoms with van der Waals surface area (Å²) in [4.78, 5) is 11.6. The molecule has 1 aliphatic carbocycles. The van der Waals surface area contributed by atoms with Gasteiger partial charge in [0, 0.05) is 24.4 Å². The topological polar surface area (TPSA) is 29.1 Å². The molecule has 2 fully saturated rings. The van der Waals surface area contributed by atoms with E-state index in [0.29, 0.717) is 23.8 Å². The highest BCUT2D eigenvalue weighted by molar-refractivity contribution is 5.83. The highest BCUT2D eigenvalue weighted by atomic mass is 16.1. The second kappa shape index (κ2) is 3.17. The Morgan fingerprint density at radius 3 is 2.92 bits per heavy atom. The Bertz CT molecular complexity index is 190. The van der Waals surface area contributed by atoms with Gasteiger partial charge in [-0.3, -0.25) is 4.79 Å². The van der Waals surface area contributed by atoms with Crippen LogP contribution in [0.5, 0.6) is 0 Å². The zero-order valence-electron chi connectivity index (χ0n) is 7.68. The van der Waals surface area contributed by atoms with E-state index in [1.54, 1.807) is 0 Å². The fourth-order valence-corrected chi connectivity index (χ4v) is 2.59. The molecule has 2 nitrogen and oxygen atoms in total. The van der Waals surface area contributed by atoms with E-state index < -0.39 is 0 Å². The van der Waals surface area contributed by atoms with Crippen molar-refractivity contribution in [2.24, 2.45) is 5.92 Å². The Morgan fingerprint density at radius 1 is 1.33 bits per heavy atom. The molecule has 2 rings (SSSR count). The molecule has 0 aromatic rings. The Morgan fingerprint density at radius 2 is 2.08 bits per heavy atom. The fourth-order valence-electron chi connectivity index (χ4n) is 2.59. The van der Waals surface area contributed by atoms with Crippen LogP contribution in [0.4, 0.5) is 0 Å². The molecule has 2 heteroatoms. The summed E-state index contributed by atoms with van der Waals surface area (Å²) in [5, 5.41) is 3.53. The molecular formula is C10H17NO. The molecule has 0 spiro atoms. The van der Waals surface area contributed by atoms with Crippen molar-refractivity contribution in [2.45, 2.75) is 51.1 Å². The highest BCUT2D eigenvalue weighted by Crippen LogP contribution is 2.29. The average molecular weight is 167 g/mol. The number of carbonyl (C=O) groups excluding carboxylic acids is 1. The quantitative estimate of drug-likeness (QED) is 0.592. The number of carbonyl (C=O) groups is 1. The lowest BCUT2D eigenvalue weighted by Crippen LogP contribution is -2.52. The van der Waals surface area contributed by atoms with Gasteiger partial charge in [-0.25, -0.2) is 0 Å². The summed E-state index contributed by atoms with van der Waals surface area (Å²) in [6, 6.07) is 0.923. The first-order valence-corrected chi connectivity index (χ1v) is 5.06. The third-order valence-electron chi connectivity index (χ3n) is 3.19. The molecule has 0 aromatic carbocycles. The van der Waals surface area contributed by atoms with Gasteiger partial charge in [-0.15, -0.1) is 0 Å². The van der Waals surface area contributed by atoms with E-state index in [0.717, 1.165) is 12.8 Å². The van der Waals surface area contributed by atoms with Crippen LogP contribution in [-0.2, 0) is 4.79 Å². The van der Waals surface area contributed by atoms with E-state index in [9.17, 15) is 4.79 Å². The van der Waals surface area contributed by atoms with E-state index in [4.69, 9.17) is 0 Å². The van der Waals surface area contributed by atoms with Gasteiger partial charge in [0.2, 0.25) is 0 Å². The van der Waals surface area contributed by atoms with Gasteiger partial charge in [-0.05, 0) is 19.8 Å². The summed E-state index contributed by atoms with van der Waals surface area (Å²) in [7, 11) is 0. The number of Topliss-reactive ketones (excluding diaryl/α,β-unsaturated/α-hetero) is 1. The van der Waals surface area contributed by atoms with Crippen LogP contribution in [0.15, 0.2) is 0 Å².